The number of nitrogens with zero attached hydrogens (tertiary/aromatic N) is 2. The molecule has 20 heavy (non-hydrogen) atoms. The molecule has 0 aromatic carbocycles. The monoisotopic (exact) mass is 272 g/mol. The highest BCUT2D eigenvalue weighted by Crippen LogP contribution is 2.30. The molecular weight excluding hydrogens is 256 g/mol. The summed E-state index contributed by atoms with van der Waals surface area (Å²) in [5, 5.41) is 9.26. The number of aliphatic carboxylic acids is 1. The third-order valence-electron chi connectivity index (χ3n) is 3.95. The van der Waals surface area contributed by atoms with Crippen LogP contribution in [0.4, 0.5) is 0 Å². The van der Waals surface area contributed by atoms with Gasteiger partial charge in [0.05, 0.1) is 17.3 Å². The van der Waals surface area contributed by atoms with Crippen LogP contribution in [0.1, 0.15) is 40.6 Å². The van der Waals surface area contributed by atoms with Crippen LogP contribution in [0, 0.1) is 0 Å². The maximum Gasteiger partial charge on any atom is 0.312 e. The van der Waals surface area contributed by atoms with Crippen molar-refractivity contribution in [2.75, 3.05) is 0 Å². The minimum Gasteiger partial charge on any atom is -0.481 e. The van der Waals surface area contributed by atoms with Crippen LogP contribution in [0.25, 0.3) is 0 Å². The van der Waals surface area contributed by atoms with Crippen LogP contribution in [0.3, 0.4) is 0 Å². The van der Waals surface area contributed by atoms with E-state index in [-0.39, 0.29) is 5.78 Å². The smallest absolute Gasteiger partial charge is 0.312 e. The number of carboxylic acid groups (broad SMARTS) is 1. The molecule has 1 aliphatic rings. The summed E-state index contributed by atoms with van der Waals surface area (Å²) in [7, 11) is 1.83. The highest BCUT2D eigenvalue weighted by Gasteiger charge is 2.29. The second-order valence-corrected chi connectivity index (χ2v) is 5.16. The van der Waals surface area contributed by atoms with Gasteiger partial charge in [-0.1, -0.05) is 0 Å². The molecule has 0 amide bonds. The molecular formula is C15H16N2O3. The van der Waals surface area contributed by atoms with Gasteiger partial charge in [-0.3, -0.25) is 9.59 Å². The van der Waals surface area contributed by atoms with E-state index in [1.54, 1.807) is 22.8 Å². The summed E-state index contributed by atoms with van der Waals surface area (Å²) >= 11 is 0. The first-order chi connectivity index (χ1) is 9.59. The lowest BCUT2D eigenvalue weighted by Gasteiger charge is -2.23. The number of hydrogen-bond donors (Lipinski definition) is 1. The Labute approximate surface area is 116 Å². The number of fused-ring (bicyclic) bond motifs is 1. The van der Waals surface area contributed by atoms with Gasteiger partial charge in [0.1, 0.15) is 0 Å². The molecule has 0 spiro atoms. The molecule has 0 aliphatic carbocycles. The van der Waals surface area contributed by atoms with E-state index >= 15 is 0 Å². The lowest BCUT2D eigenvalue weighted by molar-refractivity contribution is -0.139. The van der Waals surface area contributed by atoms with Gasteiger partial charge in [0.25, 0.3) is 0 Å². The Balaban J connectivity index is 2.03. The number of ketones is 1. The maximum absolute atomic E-state index is 12.5. The largest absolute Gasteiger partial charge is 0.481 e. The second kappa shape index (κ2) is 4.67. The van der Waals surface area contributed by atoms with Crippen molar-refractivity contribution >= 4 is 11.8 Å². The summed E-state index contributed by atoms with van der Waals surface area (Å²) in [5.41, 5.74) is 1.93. The van der Waals surface area contributed by atoms with E-state index in [1.165, 1.54) is 0 Å². The van der Waals surface area contributed by atoms with Crippen molar-refractivity contribution in [3.8, 4) is 0 Å². The molecule has 104 valence electrons. The summed E-state index contributed by atoms with van der Waals surface area (Å²) < 4.78 is 3.64. The number of rotatable bonds is 3. The number of carboxylic acids is 1. The molecule has 3 heterocycles. The zero-order chi connectivity index (χ0) is 14.3. The quantitative estimate of drug-likeness (QED) is 0.869. The number of aromatic nitrogens is 2. The predicted molar refractivity (Wildman–Crippen MR) is 72.9 cm³/mol. The first kappa shape index (κ1) is 12.7. The highest BCUT2D eigenvalue weighted by molar-refractivity contribution is 6.07. The molecule has 2 aromatic heterocycles. The summed E-state index contributed by atoms with van der Waals surface area (Å²) in [6.07, 6.45) is 3.25. The van der Waals surface area contributed by atoms with Gasteiger partial charge >= 0.3 is 5.97 Å². The van der Waals surface area contributed by atoms with Crippen molar-refractivity contribution in [3.05, 3.63) is 47.5 Å². The highest BCUT2D eigenvalue weighted by atomic mass is 16.4. The predicted octanol–water partition coefficient (Wildman–Crippen LogP) is 2.02. The van der Waals surface area contributed by atoms with Crippen LogP contribution in [-0.2, 0) is 18.4 Å². The fourth-order valence-electron chi connectivity index (χ4n) is 2.92. The maximum atomic E-state index is 12.5. The van der Waals surface area contributed by atoms with Crippen molar-refractivity contribution in [2.24, 2.45) is 7.05 Å². The summed E-state index contributed by atoms with van der Waals surface area (Å²) in [6.45, 7) is 0.706. The van der Waals surface area contributed by atoms with E-state index in [1.807, 2.05) is 23.9 Å². The molecule has 0 fully saturated rings. The topological polar surface area (TPSA) is 64.2 Å². The van der Waals surface area contributed by atoms with Gasteiger partial charge in [0, 0.05) is 25.5 Å². The van der Waals surface area contributed by atoms with Gasteiger partial charge in [-0.25, -0.2) is 0 Å². The molecule has 2 aromatic rings. The minimum atomic E-state index is -0.818. The Morgan fingerprint density at radius 1 is 1.25 bits per heavy atom. The summed E-state index contributed by atoms with van der Waals surface area (Å²) in [4.78, 5) is 23.8. The Morgan fingerprint density at radius 3 is 2.70 bits per heavy atom. The van der Waals surface area contributed by atoms with Crippen LogP contribution < -0.4 is 0 Å². The fourth-order valence-corrected chi connectivity index (χ4v) is 2.92. The van der Waals surface area contributed by atoms with Gasteiger partial charge in [-0.2, -0.15) is 0 Å². The number of carbonyl (C=O) groups is 2. The Hall–Kier alpha value is -2.30. The van der Waals surface area contributed by atoms with Crippen molar-refractivity contribution < 1.29 is 14.7 Å². The number of aryl methyl sites for hydroxylation is 1. The van der Waals surface area contributed by atoms with E-state index < -0.39 is 11.9 Å². The van der Waals surface area contributed by atoms with Gasteiger partial charge in [-0.15, -0.1) is 0 Å². The third-order valence-corrected chi connectivity index (χ3v) is 3.95. The third kappa shape index (κ3) is 1.86. The average Bonchev–Trinajstić information content (AvgIpc) is 3.03. The summed E-state index contributed by atoms with van der Waals surface area (Å²) in [5.74, 6) is -1.38. The van der Waals surface area contributed by atoms with Crippen LogP contribution in [0.2, 0.25) is 0 Å². The second-order valence-electron chi connectivity index (χ2n) is 5.16. The molecule has 1 N–H and O–H groups in total. The average molecular weight is 272 g/mol. The van der Waals surface area contributed by atoms with Gasteiger partial charge in [0.15, 0.2) is 0 Å². The molecule has 0 radical (unpaired) electrons. The number of hydrogen-bond acceptors (Lipinski definition) is 2. The normalized spacial score (nSPS) is 17.8. The van der Waals surface area contributed by atoms with E-state index in [2.05, 4.69) is 0 Å². The molecule has 1 aliphatic heterocycles. The van der Waals surface area contributed by atoms with E-state index in [9.17, 15) is 14.7 Å². The Morgan fingerprint density at radius 2 is 2.05 bits per heavy atom. The van der Waals surface area contributed by atoms with Gasteiger partial charge in [0.2, 0.25) is 5.78 Å². The molecule has 3 rings (SSSR count). The van der Waals surface area contributed by atoms with Gasteiger partial charge < -0.3 is 14.2 Å². The zero-order valence-corrected chi connectivity index (χ0v) is 11.2. The van der Waals surface area contributed by atoms with Crippen LogP contribution >= 0.6 is 0 Å². The minimum absolute atomic E-state index is 0.0604. The van der Waals surface area contributed by atoms with E-state index in [0.29, 0.717) is 24.4 Å². The van der Waals surface area contributed by atoms with Crippen LogP contribution in [0.5, 0.6) is 0 Å². The molecule has 1 atom stereocenters. The van der Waals surface area contributed by atoms with E-state index in [4.69, 9.17) is 0 Å². The molecule has 5 nitrogen and oxygen atoms in total. The van der Waals surface area contributed by atoms with Crippen LogP contribution in [-0.4, -0.2) is 26.0 Å². The van der Waals surface area contributed by atoms with Gasteiger partial charge in [-0.05, 0) is 37.1 Å². The Bertz CT molecular complexity index is 681. The Kier molecular flexibility index (Phi) is 2.97. The molecule has 1 unspecified atom stereocenters. The van der Waals surface area contributed by atoms with Crippen molar-refractivity contribution in [1.82, 2.24) is 9.13 Å². The van der Waals surface area contributed by atoms with Crippen molar-refractivity contribution in [2.45, 2.75) is 25.3 Å². The zero-order valence-electron chi connectivity index (χ0n) is 11.2. The fraction of sp³-hybridized carbons (Fsp3) is 0.333. The SMILES string of the molecule is Cn1cccc1C(=O)c1ccc2n1CCCC2C(=O)O. The van der Waals surface area contributed by atoms with Crippen LogP contribution in [0.15, 0.2) is 30.5 Å². The van der Waals surface area contributed by atoms with Crippen molar-refractivity contribution in [1.29, 1.82) is 0 Å². The standard InChI is InChI=1S/C15H16N2O3/c1-16-8-3-5-12(16)14(18)13-7-6-11-10(15(19)20)4-2-9-17(11)13/h3,5-8,10H,2,4,9H2,1H3,(H,19,20). The lowest BCUT2D eigenvalue weighted by atomic mass is 9.96. The van der Waals surface area contributed by atoms with E-state index in [0.717, 1.165) is 12.1 Å². The first-order valence-electron chi connectivity index (χ1n) is 6.68. The lowest BCUT2D eigenvalue weighted by Crippen LogP contribution is -2.24. The number of carbonyl (C=O) groups excluding carboxylic acids is 1. The molecule has 0 saturated heterocycles. The molecule has 0 bridgehead atoms. The summed E-state index contributed by atoms with van der Waals surface area (Å²) in [6, 6.07) is 7.12. The van der Waals surface area contributed by atoms with Crippen molar-refractivity contribution in [3.63, 3.8) is 0 Å². The first-order valence-corrected chi connectivity index (χ1v) is 6.68. The molecule has 5 heteroatoms. The molecule has 0 saturated carbocycles.